The predicted molar refractivity (Wildman–Crippen MR) is 124 cm³/mol. The van der Waals surface area contributed by atoms with Crippen molar-refractivity contribution < 1.29 is 19.2 Å². The summed E-state index contributed by atoms with van der Waals surface area (Å²) in [5.41, 5.74) is 0.564. The topological polar surface area (TPSA) is 86.8 Å². The first kappa shape index (κ1) is 25.6. The number of benzene rings is 1. The van der Waals surface area contributed by atoms with Gasteiger partial charge in [-0.25, -0.2) is 4.79 Å². The van der Waals surface area contributed by atoms with Crippen LogP contribution in [0.1, 0.15) is 82.7 Å². The largest absolute Gasteiger partial charge is 0.333 e. The van der Waals surface area contributed by atoms with E-state index in [1.807, 2.05) is 0 Å². The number of imide groups is 1. The summed E-state index contributed by atoms with van der Waals surface area (Å²) in [6, 6.07) is 6.92. The van der Waals surface area contributed by atoms with E-state index >= 15 is 0 Å². The number of urea groups is 1. The minimum atomic E-state index is -0.990. The summed E-state index contributed by atoms with van der Waals surface area (Å²) in [5.74, 6) is -1.51. The number of hydrogen-bond acceptors (Lipinski definition) is 4. The molecule has 1 aromatic carbocycles. The maximum Gasteiger partial charge on any atom is 0.325 e. The first-order valence-electron chi connectivity index (χ1n) is 11.9. The monoisotopic (exact) mass is 442 g/mol. The third-order valence-electron chi connectivity index (χ3n) is 5.85. The van der Waals surface area contributed by atoms with Crippen molar-refractivity contribution in [2.24, 2.45) is 0 Å². The molecule has 0 aromatic heterocycles. The average molecular weight is 443 g/mol. The zero-order valence-corrected chi connectivity index (χ0v) is 19.2. The van der Waals surface area contributed by atoms with E-state index in [1.165, 1.54) is 49.8 Å². The molecule has 7 nitrogen and oxygen atoms in total. The van der Waals surface area contributed by atoms with Crippen LogP contribution in [0.3, 0.4) is 0 Å². The Morgan fingerprint density at radius 2 is 1.50 bits per heavy atom. The van der Waals surface area contributed by atoms with Crippen molar-refractivity contribution in [3.8, 4) is 0 Å². The van der Waals surface area contributed by atoms with E-state index in [0.717, 1.165) is 24.2 Å². The molecule has 1 aliphatic heterocycles. The third-order valence-corrected chi connectivity index (χ3v) is 5.85. The van der Waals surface area contributed by atoms with Gasteiger partial charge in [-0.1, -0.05) is 95.0 Å². The molecule has 1 aliphatic rings. The number of nitrogens with one attached hydrogen (secondary N) is 1. The van der Waals surface area contributed by atoms with Crippen LogP contribution in [0.4, 0.5) is 4.79 Å². The zero-order valence-electron chi connectivity index (χ0n) is 19.2. The fourth-order valence-electron chi connectivity index (χ4n) is 3.90. The van der Waals surface area contributed by atoms with Crippen LogP contribution in [0.2, 0.25) is 0 Å². The van der Waals surface area contributed by atoms with Gasteiger partial charge in [0, 0.05) is 19.6 Å². The number of rotatable bonds is 14. The quantitative estimate of drug-likeness (QED) is 0.347. The molecule has 175 valence electrons. The fourth-order valence-corrected chi connectivity index (χ4v) is 3.90. The molecule has 32 heavy (non-hydrogen) atoms. The van der Waals surface area contributed by atoms with Crippen molar-refractivity contribution >= 4 is 24.1 Å². The second-order valence-corrected chi connectivity index (χ2v) is 8.34. The molecule has 0 spiro atoms. The number of unbranched alkanes of at least 4 members (excludes halogenated alkanes) is 9. The summed E-state index contributed by atoms with van der Waals surface area (Å²) in [4.78, 5) is 51.0. The Morgan fingerprint density at radius 3 is 2.09 bits per heavy atom. The van der Waals surface area contributed by atoms with E-state index in [-0.39, 0.29) is 6.54 Å². The maximum atomic E-state index is 12.5. The van der Waals surface area contributed by atoms with Crippen molar-refractivity contribution in [2.75, 3.05) is 19.6 Å². The van der Waals surface area contributed by atoms with Gasteiger partial charge in [-0.05, 0) is 12.0 Å². The average Bonchev–Trinajstić information content (AvgIpc) is 2.81. The lowest BCUT2D eigenvalue weighted by Crippen LogP contribution is -2.58. The van der Waals surface area contributed by atoms with Crippen LogP contribution in [0.25, 0.3) is 0 Å². The molecule has 0 aliphatic carbocycles. The van der Waals surface area contributed by atoms with Gasteiger partial charge in [0.2, 0.25) is 6.29 Å². The van der Waals surface area contributed by atoms with Crippen molar-refractivity contribution in [3.05, 3.63) is 35.9 Å². The summed E-state index contributed by atoms with van der Waals surface area (Å²) in [6.45, 7) is 3.19. The minimum Gasteiger partial charge on any atom is -0.333 e. The van der Waals surface area contributed by atoms with E-state index in [4.69, 9.17) is 0 Å². The standard InChI is InChI=1S/C25H36N3O4/c1-2-3-4-5-6-7-8-9-10-14-17-27-18-19-28(24(31)23(27)30)25(32)26-22(20-29)21-15-12-11-13-16-21/h11-13,15-16,22H,2-10,14,17-19H2,1H3,(H,26,32). The molecule has 2 rings (SSSR count). The number of nitrogens with zero attached hydrogens (tertiary/aromatic N) is 2. The Kier molecular flexibility index (Phi) is 11.5. The van der Waals surface area contributed by atoms with Crippen LogP contribution in [-0.4, -0.2) is 53.6 Å². The molecule has 1 N–H and O–H groups in total. The molecule has 0 saturated carbocycles. The highest BCUT2D eigenvalue weighted by Crippen LogP contribution is 2.14. The van der Waals surface area contributed by atoms with E-state index in [9.17, 15) is 19.2 Å². The molecule has 1 unspecified atom stereocenters. The van der Waals surface area contributed by atoms with Crippen LogP contribution >= 0.6 is 0 Å². The van der Waals surface area contributed by atoms with Gasteiger partial charge in [-0.2, -0.15) is 0 Å². The molecule has 1 atom stereocenters. The molecule has 1 aromatic rings. The number of amides is 4. The second kappa shape index (κ2) is 14.4. The Morgan fingerprint density at radius 1 is 0.906 bits per heavy atom. The van der Waals surface area contributed by atoms with Crippen LogP contribution in [0.15, 0.2) is 30.3 Å². The van der Waals surface area contributed by atoms with Gasteiger partial charge in [0.05, 0.1) is 0 Å². The smallest absolute Gasteiger partial charge is 0.325 e. The fraction of sp³-hybridized carbons (Fsp3) is 0.600. The highest BCUT2D eigenvalue weighted by Gasteiger charge is 2.36. The van der Waals surface area contributed by atoms with Crippen LogP contribution in [0.5, 0.6) is 0 Å². The van der Waals surface area contributed by atoms with Crippen molar-refractivity contribution in [3.63, 3.8) is 0 Å². The molecular weight excluding hydrogens is 406 g/mol. The van der Waals surface area contributed by atoms with Crippen molar-refractivity contribution in [1.29, 1.82) is 0 Å². The molecule has 0 bridgehead atoms. The van der Waals surface area contributed by atoms with Gasteiger partial charge in [0.1, 0.15) is 6.04 Å². The Bertz CT molecular complexity index is 738. The van der Waals surface area contributed by atoms with Gasteiger partial charge in [-0.15, -0.1) is 0 Å². The summed E-state index contributed by atoms with van der Waals surface area (Å²) < 4.78 is 0. The van der Waals surface area contributed by atoms with Crippen LogP contribution in [-0.2, 0) is 14.4 Å². The first-order valence-corrected chi connectivity index (χ1v) is 11.9. The minimum absolute atomic E-state index is 0.120. The van der Waals surface area contributed by atoms with E-state index in [2.05, 4.69) is 12.2 Å². The number of piperazine rings is 1. The molecule has 1 saturated heterocycles. The number of carbonyl (C=O) groups excluding carboxylic acids is 4. The van der Waals surface area contributed by atoms with Crippen molar-refractivity contribution in [2.45, 2.75) is 77.2 Å². The molecule has 7 heteroatoms. The molecular formula is C25H36N3O4. The SMILES string of the molecule is CCCCCCCCCCCCN1CCN(C(=O)NC([C]=O)c2ccccc2)C(=O)C1=O. The van der Waals surface area contributed by atoms with E-state index in [1.54, 1.807) is 36.6 Å². The highest BCUT2D eigenvalue weighted by atomic mass is 16.2. The lowest BCUT2D eigenvalue weighted by atomic mass is 10.1. The Balaban J connectivity index is 1.68. The molecule has 4 amide bonds. The van der Waals surface area contributed by atoms with Gasteiger partial charge in [0.25, 0.3) is 0 Å². The van der Waals surface area contributed by atoms with Gasteiger partial charge in [0.15, 0.2) is 0 Å². The molecule has 1 heterocycles. The predicted octanol–water partition coefficient (Wildman–Crippen LogP) is 4.14. The van der Waals surface area contributed by atoms with E-state index in [0.29, 0.717) is 18.7 Å². The first-order chi connectivity index (χ1) is 15.6. The Labute approximate surface area is 191 Å². The van der Waals surface area contributed by atoms with Crippen molar-refractivity contribution in [1.82, 2.24) is 15.1 Å². The highest BCUT2D eigenvalue weighted by molar-refractivity contribution is 6.38. The number of carbonyl (C=O) groups is 3. The van der Waals surface area contributed by atoms with Gasteiger partial charge >= 0.3 is 17.8 Å². The summed E-state index contributed by atoms with van der Waals surface area (Å²) >= 11 is 0. The third kappa shape index (κ3) is 8.09. The zero-order chi connectivity index (χ0) is 23.2. The van der Waals surface area contributed by atoms with Crippen LogP contribution < -0.4 is 5.32 Å². The van der Waals surface area contributed by atoms with E-state index < -0.39 is 23.9 Å². The summed E-state index contributed by atoms with van der Waals surface area (Å²) in [7, 11) is 0. The normalized spacial score (nSPS) is 15.0. The van der Waals surface area contributed by atoms with Gasteiger partial charge in [-0.3, -0.25) is 19.3 Å². The molecule has 1 fully saturated rings. The second-order valence-electron chi connectivity index (χ2n) is 8.34. The lowest BCUT2D eigenvalue weighted by Gasteiger charge is -2.33. The lowest BCUT2D eigenvalue weighted by molar-refractivity contribution is -0.153. The van der Waals surface area contributed by atoms with Gasteiger partial charge < -0.3 is 10.2 Å². The maximum absolute atomic E-state index is 12.5. The summed E-state index contributed by atoms with van der Waals surface area (Å²) in [6.07, 6.45) is 13.8. The summed E-state index contributed by atoms with van der Waals surface area (Å²) in [5, 5.41) is 2.48. The van der Waals surface area contributed by atoms with Crippen LogP contribution in [0, 0.1) is 0 Å². The Hall–Kier alpha value is -2.70. The number of hydrogen-bond donors (Lipinski definition) is 1. The molecule has 1 radical (unpaired) electrons.